The third kappa shape index (κ3) is 2.86. The van der Waals surface area contributed by atoms with Crippen LogP contribution in [0.4, 0.5) is 0 Å². The Hall–Kier alpha value is -1.40. The Kier molecular flexibility index (Phi) is 4.12. The summed E-state index contributed by atoms with van der Waals surface area (Å²) in [5.74, 6) is 0.737. The van der Waals surface area contributed by atoms with Gasteiger partial charge in [0, 0.05) is 31.2 Å². The number of hydrogen-bond acceptors (Lipinski definition) is 3. The van der Waals surface area contributed by atoms with Crippen LogP contribution in [0.15, 0.2) is 29.2 Å². The first-order valence-corrected chi connectivity index (χ1v) is 10.4. The van der Waals surface area contributed by atoms with Gasteiger partial charge in [-0.15, -0.1) is 0 Å². The van der Waals surface area contributed by atoms with Crippen molar-refractivity contribution in [2.75, 3.05) is 19.6 Å². The summed E-state index contributed by atoms with van der Waals surface area (Å²) >= 11 is 0. The highest BCUT2D eigenvalue weighted by Gasteiger charge is 2.40. The first kappa shape index (κ1) is 16.1. The van der Waals surface area contributed by atoms with Gasteiger partial charge < -0.3 is 4.90 Å². The maximum Gasteiger partial charge on any atom is 0.254 e. The van der Waals surface area contributed by atoms with Crippen LogP contribution in [0.2, 0.25) is 0 Å². The van der Waals surface area contributed by atoms with Gasteiger partial charge in [-0.25, -0.2) is 8.42 Å². The molecule has 0 radical (unpaired) electrons. The largest absolute Gasteiger partial charge is 0.335 e. The molecule has 1 saturated carbocycles. The van der Waals surface area contributed by atoms with Gasteiger partial charge in [-0.2, -0.15) is 4.31 Å². The van der Waals surface area contributed by atoms with Crippen LogP contribution in [0.1, 0.15) is 48.9 Å². The van der Waals surface area contributed by atoms with Crippen molar-refractivity contribution in [3.8, 4) is 0 Å². The summed E-state index contributed by atoms with van der Waals surface area (Å²) < 4.78 is 26.6. The molecule has 0 N–H and O–H groups in total. The predicted octanol–water partition coefficient (Wildman–Crippen LogP) is 2.49. The first-order chi connectivity index (χ1) is 11.6. The maximum absolute atomic E-state index is 12.8. The summed E-state index contributed by atoms with van der Waals surface area (Å²) in [4.78, 5) is 15.1. The average Bonchev–Trinajstić information content (AvgIpc) is 3.09. The summed E-state index contributed by atoms with van der Waals surface area (Å²) in [5.41, 5.74) is 0.600. The molecule has 3 fully saturated rings. The minimum atomic E-state index is -3.41. The van der Waals surface area contributed by atoms with E-state index >= 15 is 0 Å². The highest BCUT2D eigenvalue weighted by molar-refractivity contribution is 7.89. The highest BCUT2D eigenvalue weighted by Crippen LogP contribution is 2.40. The lowest BCUT2D eigenvalue weighted by Gasteiger charge is -2.25. The van der Waals surface area contributed by atoms with Gasteiger partial charge in [-0.1, -0.05) is 0 Å². The zero-order chi connectivity index (χ0) is 16.7. The van der Waals surface area contributed by atoms with Crippen LogP contribution in [0.25, 0.3) is 0 Å². The average molecular weight is 348 g/mol. The van der Waals surface area contributed by atoms with Crippen molar-refractivity contribution in [1.29, 1.82) is 0 Å². The number of amides is 1. The van der Waals surface area contributed by atoms with Crippen molar-refractivity contribution in [3.05, 3.63) is 29.8 Å². The molecule has 0 bridgehead atoms. The zero-order valence-electron chi connectivity index (χ0n) is 13.9. The van der Waals surface area contributed by atoms with E-state index in [4.69, 9.17) is 0 Å². The topological polar surface area (TPSA) is 57.7 Å². The lowest BCUT2D eigenvalue weighted by molar-refractivity contribution is 0.0721. The van der Waals surface area contributed by atoms with Crippen LogP contribution in [0, 0.1) is 5.92 Å². The Morgan fingerprint density at radius 1 is 0.917 bits per heavy atom. The second kappa shape index (κ2) is 6.15. The van der Waals surface area contributed by atoms with E-state index in [0.717, 1.165) is 32.2 Å². The monoisotopic (exact) mass is 348 g/mol. The number of benzene rings is 1. The summed E-state index contributed by atoms with van der Waals surface area (Å²) in [7, 11) is -3.41. The van der Waals surface area contributed by atoms with Crippen LogP contribution < -0.4 is 0 Å². The Bertz CT molecular complexity index is 719. The van der Waals surface area contributed by atoms with Crippen molar-refractivity contribution < 1.29 is 13.2 Å². The quantitative estimate of drug-likeness (QED) is 0.840. The molecule has 1 aliphatic carbocycles. The molecule has 130 valence electrons. The Morgan fingerprint density at radius 3 is 2.21 bits per heavy atom. The van der Waals surface area contributed by atoms with Crippen molar-refractivity contribution in [1.82, 2.24) is 9.21 Å². The second-order valence-corrected chi connectivity index (χ2v) is 9.12. The number of hydrogen-bond donors (Lipinski definition) is 0. The standard InChI is InChI=1S/C18H24N2O3S/c21-18(20-13-3-4-17(20)14-5-6-14)15-7-9-16(10-8-15)24(22,23)19-11-1-2-12-19/h7-10,14,17H,1-6,11-13H2. The van der Waals surface area contributed by atoms with Crippen LogP contribution in [-0.4, -0.2) is 49.2 Å². The molecule has 4 rings (SSSR count). The number of sulfonamides is 1. The van der Waals surface area contributed by atoms with Crippen LogP contribution in [-0.2, 0) is 10.0 Å². The fourth-order valence-corrected chi connectivity index (χ4v) is 5.55. The van der Waals surface area contributed by atoms with Gasteiger partial charge in [0.05, 0.1) is 4.90 Å². The summed E-state index contributed by atoms with van der Waals surface area (Å²) in [5, 5.41) is 0. The van der Waals surface area contributed by atoms with E-state index in [1.807, 2.05) is 4.90 Å². The van der Waals surface area contributed by atoms with E-state index in [1.54, 1.807) is 24.3 Å². The molecule has 24 heavy (non-hydrogen) atoms. The number of nitrogens with zero attached hydrogens (tertiary/aromatic N) is 2. The number of carbonyl (C=O) groups is 1. The predicted molar refractivity (Wildman–Crippen MR) is 91.2 cm³/mol. The van der Waals surface area contributed by atoms with Gasteiger partial charge in [0.25, 0.3) is 5.91 Å². The lowest BCUT2D eigenvalue weighted by Crippen LogP contribution is -2.36. The molecule has 2 saturated heterocycles. The number of likely N-dealkylation sites (tertiary alicyclic amines) is 1. The molecule has 1 aromatic rings. The molecule has 1 atom stereocenters. The fraction of sp³-hybridized carbons (Fsp3) is 0.611. The molecule has 0 aromatic heterocycles. The fourth-order valence-electron chi connectivity index (χ4n) is 4.03. The van der Waals surface area contributed by atoms with E-state index in [0.29, 0.717) is 35.5 Å². The molecule has 2 heterocycles. The molecule has 5 nitrogen and oxygen atoms in total. The van der Waals surface area contributed by atoms with E-state index in [-0.39, 0.29) is 5.91 Å². The van der Waals surface area contributed by atoms with Crippen LogP contribution in [0.3, 0.4) is 0 Å². The normalized spacial score (nSPS) is 25.3. The van der Waals surface area contributed by atoms with Crippen LogP contribution >= 0.6 is 0 Å². The molecular weight excluding hydrogens is 324 g/mol. The third-order valence-corrected chi connectivity index (χ3v) is 7.44. The van der Waals surface area contributed by atoms with Gasteiger partial charge in [0.15, 0.2) is 0 Å². The molecule has 1 unspecified atom stereocenters. The third-order valence-electron chi connectivity index (χ3n) is 5.53. The molecule has 1 amide bonds. The Morgan fingerprint density at radius 2 is 1.58 bits per heavy atom. The molecule has 0 spiro atoms. The molecular formula is C18H24N2O3S. The minimum Gasteiger partial charge on any atom is -0.335 e. The van der Waals surface area contributed by atoms with Gasteiger partial charge >= 0.3 is 0 Å². The van der Waals surface area contributed by atoms with Gasteiger partial charge in [-0.3, -0.25) is 4.79 Å². The van der Waals surface area contributed by atoms with E-state index < -0.39 is 10.0 Å². The summed E-state index contributed by atoms with van der Waals surface area (Å²) in [6.45, 7) is 2.02. The number of carbonyl (C=O) groups excluding carboxylic acids is 1. The molecule has 6 heteroatoms. The highest BCUT2D eigenvalue weighted by atomic mass is 32.2. The molecule has 2 aliphatic heterocycles. The summed E-state index contributed by atoms with van der Waals surface area (Å²) in [6, 6.07) is 6.92. The van der Waals surface area contributed by atoms with Crippen LogP contribution in [0.5, 0.6) is 0 Å². The smallest absolute Gasteiger partial charge is 0.254 e. The second-order valence-electron chi connectivity index (χ2n) is 7.18. The lowest BCUT2D eigenvalue weighted by atomic mass is 10.1. The first-order valence-electron chi connectivity index (χ1n) is 8.98. The van der Waals surface area contributed by atoms with E-state index in [1.165, 1.54) is 17.1 Å². The van der Waals surface area contributed by atoms with Crippen molar-refractivity contribution in [2.24, 2.45) is 5.92 Å². The van der Waals surface area contributed by atoms with E-state index in [9.17, 15) is 13.2 Å². The maximum atomic E-state index is 12.8. The van der Waals surface area contributed by atoms with Crippen molar-refractivity contribution >= 4 is 15.9 Å². The Labute approximate surface area is 143 Å². The van der Waals surface area contributed by atoms with Gasteiger partial charge in [0.1, 0.15) is 0 Å². The summed E-state index contributed by atoms with van der Waals surface area (Å²) in [6.07, 6.45) is 6.51. The Balaban J connectivity index is 1.52. The number of rotatable bonds is 4. The van der Waals surface area contributed by atoms with Gasteiger partial charge in [0.2, 0.25) is 10.0 Å². The molecule has 3 aliphatic rings. The minimum absolute atomic E-state index is 0.0505. The molecule has 1 aromatic carbocycles. The van der Waals surface area contributed by atoms with Crippen molar-refractivity contribution in [3.63, 3.8) is 0 Å². The SMILES string of the molecule is O=C(c1ccc(S(=O)(=O)N2CCCC2)cc1)N1CCCC1C1CC1. The zero-order valence-corrected chi connectivity index (χ0v) is 14.7. The van der Waals surface area contributed by atoms with E-state index in [2.05, 4.69) is 0 Å². The van der Waals surface area contributed by atoms with Gasteiger partial charge in [-0.05, 0) is 68.7 Å². The van der Waals surface area contributed by atoms with Crippen molar-refractivity contribution in [2.45, 2.75) is 49.5 Å².